The van der Waals surface area contributed by atoms with Gasteiger partial charge in [-0.05, 0) is 26.1 Å². The third-order valence-electron chi connectivity index (χ3n) is 2.91. The molecule has 1 heterocycles. The van der Waals surface area contributed by atoms with Crippen LogP contribution in [0.15, 0.2) is 29.2 Å². The minimum atomic E-state index is -3.85. The van der Waals surface area contributed by atoms with Crippen LogP contribution in [-0.4, -0.2) is 39.6 Å². The third kappa shape index (κ3) is 3.41. The van der Waals surface area contributed by atoms with E-state index >= 15 is 0 Å². The van der Waals surface area contributed by atoms with Crippen LogP contribution >= 0.6 is 11.3 Å². The third-order valence-corrected chi connectivity index (χ3v) is 5.74. The number of fused-ring (bicyclic) bond motifs is 1. The van der Waals surface area contributed by atoms with Gasteiger partial charge in [-0.1, -0.05) is 18.2 Å². The van der Waals surface area contributed by atoms with Crippen LogP contribution in [0.3, 0.4) is 0 Å². The Morgan fingerprint density at radius 2 is 2.00 bits per heavy atom. The highest BCUT2D eigenvalue weighted by Crippen LogP contribution is 2.34. The highest BCUT2D eigenvalue weighted by molar-refractivity contribution is 7.90. The molecule has 8 heteroatoms. The van der Waals surface area contributed by atoms with E-state index in [-0.39, 0.29) is 16.3 Å². The number of aromatic carboxylic acids is 1. The van der Waals surface area contributed by atoms with Crippen molar-refractivity contribution in [2.75, 3.05) is 20.1 Å². The van der Waals surface area contributed by atoms with Crippen molar-refractivity contribution < 1.29 is 18.3 Å². The highest BCUT2D eigenvalue weighted by Gasteiger charge is 2.27. The molecule has 0 spiro atoms. The average molecular weight is 328 g/mol. The summed E-state index contributed by atoms with van der Waals surface area (Å²) in [6.45, 7) is 0.936. The Bertz CT molecular complexity index is 753. The highest BCUT2D eigenvalue weighted by atomic mass is 32.2. The number of carbonyl (C=O) groups is 1. The maximum atomic E-state index is 12.4. The number of hydrogen-bond donors (Lipinski definition) is 3. The lowest BCUT2D eigenvalue weighted by molar-refractivity contribution is 0.0698. The molecule has 0 fully saturated rings. The zero-order valence-electron chi connectivity index (χ0n) is 11.4. The molecule has 0 unspecified atom stereocenters. The van der Waals surface area contributed by atoms with Crippen molar-refractivity contribution in [3.63, 3.8) is 0 Å². The molecule has 0 radical (unpaired) electrons. The summed E-state index contributed by atoms with van der Waals surface area (Å²) in [5.74, 6) is -1.23. The number of carboxylic acids is 1. The summed E-state index contributed by atoms with van der Waals surface area (Å²) >= 11 is 0.972. The summed E-state index contributed by atoms with van der Waals surface area (Å²) in [6, 6.07) is 6.79. The standard InChI is InChI=1S/C13H16N2O4S2/c1-14-7-4-8-15-21(18,19)12-9-5-2-3-6-10(9)20-11(12)13(16)17/h2-3,5-6,14-15H,4,7-8H2,1H3,(H,16,17). The molecule has 0 aliphatic carbocycles. The molecule has 0 aliphatic rings. The summed E-state index contributed by atoms with van der Waals surface area (Å²) in [5.41, 5.74) is 0. The summed E-state index contributed by atoms with van der Waals surface area (Å²) in [6.07, 6.45) is 0.625. The number of hydrogen-bond acceptors (Lipinski definition) is 5. The molecule has 0 atom stereocenters. The summed E-state index contributed by atoms with van der Waals surface area (Å²) in [4.78, 5) is 11.0. The van der Waals surface area contributed by atoms with Gasteiger partial charge in [0.2, 0.25) is 10.0 Å². The van der Waals surface area contributed by atoms with Gasteiger partial charge in [-0.25, -0.2) is 17.9 Å². The molecule has 1 aromatic heterocycles. The first-order chi connectivity index (χ1) is 9.97. The molecule has 0 amide bonds. The normalized spacial score (nSPS) is 11.9. The lowest BCUT2D eigenvalue weighted by Gasteiger charge is -2.07. The Morgan fingerprint density at radius 1 is 1.29 bits per heavy atom. The Morgan fingerprint density at radius 3 is 2.67 bits per heavy atom. The van der Waals surface area contributed by atoms with Crippen LogP contribution in [0.25, 0.3) is 10.1 Å². The molecular weight excluding hydrogens is 312 g/mol. The minimum Gasteiger partial charge on any atom is -0.477 e. The number of nitrogens with one attached hydrogen (secondary N) is 2. The van der Waals surface area contributed by atoms with Crippen LogP contribution in [0, 0.1) is 0 Å². The van der Waals surface area contributed by atoms with Crippen LogP contribution in [0.5, 0.6) is 0 Å². The summed E-state index contributed by atoms with van der Waals surface area (Å²) in [7, 11) is -2.07. The molecule has 114 valence electrons. The molecular formula is C13H16N2O4S2. The monoisotopic (exact) mass is 328 g/mol. The van der Waals surface area contributed by atoms with E-state index in [0.717, 1.165) is 11.3 Å². The second-order valence-electron chi connectivity index (χ2n) is 4.42. The predicted octanol–water partition coefficient (Wildman–Crippen LogP) is 1.49. The number of rotatable bonds is 7. The van der Waals surface area contributed by atoms with Crippen molar-refractivity contribution >= 4 is 37.4 Å². The van der Waals surface area contributed by atoms with Gasteiger partial charge in [0.05, 0.1) is 0 Å². The lowest BCUT2D eigenvalue weighted by atomic mass is 10.2. The van der Waals surface area contributed by atoms with Crippen molar-refractivity contribution in [2.45, 2.75) is 11.3 Å². The predicted molar refractivity (Wildman–Crippen MR) is 82.5 cm³/mol. The molecule has 1 aromatic carbocycles. The van der Waals surface area contributed by atoms with E-state index in [1.165, 1.54) is 0 Å². The van der Waals surface area contributed by atoms with E-state index in [1.807, 2.05) is 0 Å². The van der Waals surface area contributed by atoms with Gasteiger partial charge in [-0.3, -0.25) is 0 Å². The van der Waals surface area contributed by atoms with Crippen LogP contribution in [0.2, 0.25) is 0 Å². The summed E-state index contributed by atoms with van der Waals surface area (Å²) < 4.78 is 27.9. The Hall–Kier alpha value is -1.48. The van der Waals surface area contributed by atoms with Crippen molar-refractivity contribution in [2.24, 2.45) is 0 Å². The van der Waals surface area contributed by atoms with E-state index < -0.39 is 16.0 Å². The topological polar surface area (TPSA) is 95.5 Å². The zero-order valence-corrected chi connectivity index (χ0v) is 13.1. The van der Waals surface area contributed by atoms with E-state index in [9.17, 15) is 18.3 Å². The van der Waals surface area contributed by atoms with Gasteiger partial charge in [-0.2, -0.15) is 0 Å². The Balaban J connectivity index is 2.43. The van der Waals surface area contributed by atoms with E-state index in [4.69, 9.17) is 0 Å². The van der Waals surface area contributed by atoms with Crippen LogP contribution in [0.4, 0.5) is 0 Å². The van der Waals surface area contributed by atoms with Gasteiger partial charge in [0, 0.05) is 16.6 Å². The van der Waals surface area contributed by atoms with Gasteiger partial charge in [0.25, 0.3) is 0 Å². The van der Waals surface area contributed by atoms with Crippen molar-refractivity contribution in [3.8, 4) is 0 Å². The quantitative estimate of drug-likeness (QED) is 0.669. The Labute approximate surface area is 126 Å². The molecule has 2 aromatic rings. The second kappa shape index (κ2) is 6.52. The number of sulfonamides is 1. The first-order valence-electron chi connectivity index (χ1n) is 6.36. The van der Waals surface area contributed by atoms with Gasteiger partial charge < -0.3 is 10.4 Å². The fraction of sp³-hybridized carbons (Fsp3) is 0.308. The summed E-state index contributed by atoms with van der Waals surface area (Å²) in [5, 5.41) is 12.6. The molecule has 0 saturated heterocycles. The fourth-order valence-electron chi connectivity index (χ4n) is 1.97. The minimum absolute atomic E-state index is 0.139. The number of thiophene rings is 1. The molecule has 21 heavy (non-hydrogen) atoms. The van der Waals surface area contributed by atoms with E-state index in [2.05, 4.69) is 10.0 Å². The van der Waals surface area contributed by atoms with Crippen LogP contribution in [0.1, 0.15) is 16.1 Å². The second-order valence-corrected chi connectivity index (χ2v) is 7.17. The van der Waals surface area contributed by atoms with Crippen molar-refractivity contribution in [3.05, 3.63) is 29.1 Å². The molecule has 6 nitrogen and oxygen atoms in total. The van der Waals surface area contributed by atoms with Crippen molar-refractivity contribution in [1.82, 2.24) is 10.0 Å². The molecule has 0 saturated carbocycles. The van der Waals surface area contributed by atoms with Gasteiger partial charge in [-0.15, -0.1) is 11.3 Å². The number of benzene rings is 1. The van der Waals surface area contributed by atoms with E-state index in [0.29, 0.717) is 23.1 Å². The van der Waals surface area contributed by atoms with Crippen molar-refractivity contribution in [1.29, 1.82) is 0 Å². The molecule has 0 bridgehead atoms. The maximum absolute atomic E-state index is 12.4. The van der Waals surface area contributed by atoms with Gasteiger partial charge in [0.15, 0.2) is 0 Å². The first-order valence-corrected chi connectivity index (χ1v) is 8.66. The SMILES string of the molecule is CNCCCNS(=O)(=O)c1c(C(=O)O)sc2ccccc12. The first kappa shape index (κ1) is 15.9. The van der Waals surface area contributed by atoms with Gasteiger partial charge in [0.1, 0.15) is 9.77 Å². The molecule has 3 N–H and O–H groups in total. The zero-order chi connectivity index (χ0) is 15.5. The largest absolute Gasteiger partial charge is 0.477 e. The molecule has 0 aliphatic heterocycles. The van der Waals surface area contributed by atoms with Crippen LogP contribution < -0.4 is 10.0 Å². The molecule has 2 rings (SSSR count). The lowest BCUT2D eigenvalue weighted by Crippen LogP contribution is -2.27. The van der Waals surface area contributed by atoms with Crippen LogP contribution in [-0.2, 0) is 10.0 Å². The van der Waals surface area contributed by atoms with Gasteiger partial charge >= 0.3 is 5.97 Å². The number of carboxylic acid groups (broad SMARTS) is 1. The fourth-order valence-corrected chi connectivity index (χ4v) is 4.78. The van der Waals surface area contributed by atoms with E-state index in [1.54, 1.807) is 31.3 Å². The smallest absolute Gasteiger partial charge is 0.347 e. The maximum Gasteiger partial charge on any atom is 0.347 e. The Kier molecular flexibility index (Phi) is 4.94. The average Bonchev–Trinajstić information content (AvgIpc) is 2.84.